The third-order valence-electron chi connectivity index (χ3n) is 4.39. The summed E-state index contributed by atoms with van der Waals surface area (Å²) < 4.78 is 13.3. The quantitative estimate of drug-likeness (QED) is 0.823. The minimum Gasteiger partial charge on any atom is -0.370 e. The van der Waals surface area contributed by atoms with Crippen LogP contribution in [0.3, 0.4) is 0 Å². The lowest BCUT2D eigenvalue weighted by molar-refractivity contribution is -0.110. The Kier molecular flexibility index (Phi) is 4.36. The van der Waals surface area contributed by atoms with Crippen LogP contribution in [0.1, 0.15) is 5.56 Å². The first-order valence-corrected chi connectivity index (χ1v) is 9.37. The van der Waals surface area contributed by atoms with E-state index in [1.165, 1.54) is 29.3 Å². The number of nitrogens with one attached hydrogen (secondary N) is 2. The van der Waals surface area contributed by atoms with Gasteiger partial charge in [0.1, 0.15) is 5.82 Å². The van der Waals surface area contributed by atoms with Crippen molar-refractivity contribution in [2.75, 3.05) is 40.1 Å². The fourth-order valence-electron chi connectivity index (χ4n) is 3.06. The molecule has 0 radical (unpaired) electrons. The number of thioether (sulfide) groups is 1. The molecule has 0 aromatic heterocycles. The fourth-order valence-corrected chi connectivity index (χ4v) is 3.96. The number of amides is 1. The Bertz CT molecular complexity index is 829. The van der Waals surface area contributed by atoms with Crippen molar-refractivity contribution in [2.45, 2.75) is 0 Å². The summed E-state index contributed by atoms with van der Waals surface area (Å²) in [6, 6.07) is 12.5. The molecule has 2 aliphatic heterocycles. The van der Waals surface area contributed by atoms with Crippen molar-refractivity contribution in [3.8, 4) is 0 Å². The molecule has 0 saturated carbocycles. The third-order valence-corrected chi connectivity index (χ3v) is 5.33. The van der Waals surface area contributed by atoms with Gasteiger partial charge in [0.25, 0.3) is 5.91 Å². The highest BCUT2D eigenvalue weighted by atomic mass is 32.2. The number of benzene rings is 2. The van der Waals surface area contributed by atoms with Crippen LogP contribution in [0.15, 0.2) is 48.7 Å². The van der Waals surface area contributed by atoms with Gasteiger partial charge in [-0.2, -0.15) is 11.8 Å². The van der Waals surface area contributed by atoms with Gasteiger partial charge < -0.3 is 15.5 Å². The van der Waals surface area contributed by atoms with Crippen molar-refractivity contribution in [3.05, 3.63) is 60.0 Å². The SMILES string of the molecule is O=C1Nc2cc(F)ccc2C1=CNc1ccc(N2CCSCC2)cc1. The second-order valence-corrected chi connectivity index (χ2v) is 7.22. The lowest BCUT2D eigenvalue weighted by Crippen LogP contribution is -2.32. The number of anilines is 3. The van der Waals surface area contributed by atoms with Gasteiger partial charge in [0.15, 0.2) is 0 Å². The van der Waals surface area contributed by atoms with Gasteiger partial charge in [-0.3, -0.25) is 4.79 Å². The summed E-state index contributed by atoms with van der Waals surface area (Å²) in [5, 5.41) is 5.84. The van der Waals surface area contributed by atoms with Gasteiger partial charge in [-0.15, -0.1) is 0 Å². The molecular formula is C19H18FN3OS. The average Bonchev–Trinajstić information content (AvgIpc) is 2.95. The molecule has 1 fully saturated rings. The van der Waals surface area contributed by atoms with Crippen molar-refractivity contribution in [2.24, 2.45) is 0 Å². The second kappa shape index (κ2) is 6.80. The number of nitrogens with zero attached hydrogens (tertiary/aromatic N) is 1. The predicted molar refractivity (Wildman–Crippen MR) is 103 cm³/mol. The first-order chi connectivity index (χ1) is 12.2. The van der Waals surface area contributed by atoms with Gasteiger partial charge in [0, 0.05) is 47.7 Å². The van der Waals surface area contributed by atoms with Crippen LogP contribution in [-0.2, 0) is 4.79 Å². The molecule has 4 nitrogen and oxygen atoms in total. The van der Waals surface area contributed by atoms with E-state index in [0.717, 1.165) is 18.8 Å². The van der Waals surface area contributed by atoms with E-state index in [2.05, 4.69) is 27.7 Å². The summed E-state index contributed by atoms with van der Waals surface area (Å²) in [4.78, 5) is 14.5. The van der Waals surface area contributed by atoms with Crippen LogP contribution in [0.5, 0.6) is 0 Å². The fraction of sp³-hybridized carbons (Fsp3) is 0.211. The molecule has 0 unspecified atom stereocenters. The molecule has 4 rings (SSSR count). The first kappa shape index (κ1) is 16.0. The molecule has 2 aromatic rings. The van der Waals surface area contributed by atoms with Crippen molar-refractivity contribution in [1.29, 1.82) is 0 Å². The number of halogens is 1. The summed E-state index contributed by atoms with van der Waals surface area (Å²) in [6.07, 6.45) is 1.67. The summed E-state index contributed by atoms with van der Waals surface area (Å²) in [6.45, 7) is 2.16. The standard InChI is InChI=1S/C19H18FN3OS/c20-13-1-6-16-17(19(24)22-18(16)11-13)12-21-14-2-4-15(5-3-14)23-7-9-25-10-8-23/h1-6,11-12,21H,7-10H2,(H,22,24). The monoisotopic (exact) mass is 355 g/mol. The molecule has 25 heavy (non-hydrogen) atoms. The van der Waals surface area contributed by atoms with Gasteiger partial charge in [-0.25, -0.2) is 4.39 Å². The summed E-state index contributed by atoms with van der Waals surface area (Å²) in [5.74, 6) is 1.75. The van der Waals surface area contributed by atoms with Crippen LogP contribution in [0, 0.1) is 5.82 Å². The van der Waals surface area contributed by atoms with Crippen LogP contribution in [0.2, 0.25) is 0 Å². The molecule has 2 N–H and O–H groups in total. The van der Waals surface area contributed by atoms with E-state index < -0.39 is 0 Å². The van der Waals surface area contributed by atoms with Crippen LogP contribution >= 0.6 is 11.8 Å². The van der Waals surface area contributed by atoms with Gasteiger partial charge in [0.2, 0.25) is 0 Å². The Balaban J connectivity index is 1.49. The number of carbonyl (C=O) groups excluding carboxylic acids is 1. The zero-order valence-electron chi connectivity index (χ0n) is 13.6. The molecule has 1 amide bonds. The highest BCUT2D eigenvalue weighted by Crippen LogP contribution is 2.32. The Hall–Kier alpha value is -2.47. The lowest BCUT2D eigenvalue weighted by atomic mass is 10.1. The van der Waals surface area contributed by atoms with Crippen molar-refractivity contribution < 1.29 is 9.18 Å². The van der Waals surface area contributed by atoms with Crippen LogP contribution < -0.4 is 15.5 Å². The molecule has 6 heteroatoms. The Labute approximate surface area is 150 Å². The maximum absolute atomic E-state index is 13.3. The summed E-state index contributed by atoms with van der Waals surface area (Å²) in [7, 11) is 0. The van der Waals surface area contributed by atoms with Gasteiger partial charge in [-0.05, 0) is 42.5 Å². The van der Waals surface area contributed by atoms with E-state index in [4.69, 9.17) is 0 Å². The Morgan fingerprint density at radius 2 is 1.88 bits per heavy atom. The first-order valence-electron chi connectivity index (χ1n) is 8.21. The number of fused-ring (bicyclic) bond motifs is 1. The molecule has 0 spiro atoms. The van der Waals surface area contributed by atoms with Crippen molar-refractivity contribution in [3.63, 3.8) is 0 Å². The number of carbonyl (C=O) groups is 1. The highest BCUT2D eigenvalue weighted by Gasteiger charge is 2.24. The number of hydrogen-bond donors (Lipinski definition) is 2. The maximum Gasteiger partial charge on any atom is 0.257 e. The molecule has 2 heterocycles. The minimum atomic E-state index is -0.361. The number of rotatable bonds is 3. The Morgan fingerprint density at radius 1 is 1.12 bits per heavy atom. The largest absolute Gasteiger partial charge is 0.370 e. The highest BCUT2D eigenvalue weighted by molar-refractivity contribution is 7.99. The molecular weight excluding hydrogens is 337 g/mol. The summed E-state index contributed by atoms with van der Waals surface area (Å²) >= 11 is 1.99. The van der Waals surface area contributed by atoms with E-state index in [0.29, 0.717) is 16.8 Å². The van der Waals surface area contributed by atoms with E-state index >= 15 is 0 Å². The van der Waals surface area contributed by atoms with E-state index in [1.807, 2.05) is 23.9 Å². The van der Waals surface area contributed by atoms with Crippen LogP contribution in [0.4, 0.5) is 21.5 Å². The van der Waals surface area contributed by atoms with Crippen LogP contribution in [0.25, 0.3) is 5.57 Å². The molecule has 2 aromatic carbocycles. The van der Waals surface area contributed by atoms with Crippen LogP contribution in [-0.4, -0.2) is 30.5 Å². The van der Waals surface area contributed by atoms with E-state index in [-0.39, 0.29) is 11.7 Å². The molecule has 0 bridgehead atoms. The smallest absolute Gasteiger partial charge is 0.257 e. The predicted octanol–water partition coefficient (Wildman–Crippen LogP) is 3.78. The van der Waals surface area contributed by atoms with Gasteiger partial charge >= 0.3 is 0 Å². The minimum absolute atomic E-state index is 0.226. The molecule has 2 aliphatic rings. The van der Waals surface area contributed by atoms with Gasteiger partial charge in [-0.1, -0.05) is 0 Å². The molecule has 128 valence electrons. The molecule has 1 saturated heterocycles. The van der Waals surface area contributed by atoms with Crippen molar-refractivity contribution >= 4 is 40.3 Å². The zero-order valence-corrected chi connectivity index (χ0v) is 14.4. The normalized spacial score (nSPS) is 18.2. The lowest BCUT2D eigenvalue weighted by Gasteiger charge is -2.28. The summed E-state index contributed by atoms with van der Waals surface area (Å²) in [5.41, 5.74) is 3.86. The molecule has 0 atom stereocenters. The number of hydrogen-bond acceptors (Lipinski definition) is 4. The topological polar surface area (TPSA) is 44.4 Å². The average molecular weight is 355 g/mol. The third kappa shape index (κ3) is 3.35. The van der Waals surface area contributed by atoms with Crippen molar-refractivity contribution in [1.82, 2.24) is 0 Å². The van der Waals surface area contributed by atoms with Gasteiger partial charge in [0.05, 0.1) is 11.3 Å². The second-order valence-electron chi connectivity index (χ2n) is 5.99. The van der Waals surface area contributed by atoms with E-state index in [9.17, 15) is 9.18 Å². The Morgan fingerprint density at radius 3 is 2.64 bits per heavy atom. The zero-order chi connectivity index (χ0) is 17.2. The molecule has 0 aliphatic carbocycles. The van der Waals surface area contributed by atoms with E-state index in [1.54, 1.807) is 12.3 Å². The maximum atomic E-state index is 13.3.